The highest BCUT2D eigenvalue weighted by atomic mass is 19.2. The molecule has 0 aliphatic carbocycles. The summed E-state index contributed by atoms with van der Waals surface area (Å²) < 4.78 is 97.8. The van der Waals surface area contributed by atoms with Gasteiger partial charge in [0.2, 0.25) is 0 Å². The number of benzene rings is 4. The molecule has 0 fully saturated rings. The molecule has 0 nitrogen and oxygen atoms in total. The lowest BCUT2D eigenvalue weighted by Crippen LogP contribution is -1.97. The van der Waals surface area contributed by atoms with Crippen molar-refractivity contribution in [1.82, 2.24) is 0 Å². The van der Waals surface area contributed by atoms with Gasteiger partial charge < -0.3 is 0 Å². The molecule has 0 unspecified atom stereocenters. The number of aryl methyl sites for hydroxylation is 2. The van der Waals surface area contributed by atoms with E-state index in [4.69, 9.17) is 0 Å². The molecule has 4 rings (SSSR count). The first-order valence-electron chi connectivity index (χ1n) is 11.7. The van der Waals surface area contributed by atoms with E-state index in [0.29, 0.717) is 24.0 Å². The first-order chi connectivity index (χ1) is 18.2. The molecule has 0 bridgehead atoms. The fourth-order valence-electron chi connectivity index (χ4n) is 4.06. The van der Waals surface area contributed by atoms with Crippen molar-refractivity contribution < 1.29 is 30.7 Å². The van der Waals surface area contributed by atoms with Gasteiger partial charge in [0.15, 0.2) is 29.1 Å². The SMILES string of the molecule is C/C=C/C(F)=C(\F)c1ccc(CCc2cc(F)c(-c3ccc(-c4cc(F)c(F)c(F)c4)cc3)c(F)c2)cc1. The maximum atomic E-state index is 14.9. The molecule has 7 heteroatoms. The van der Waals surface area contributed by atoms with E-state index in [1.165, 1.54) is 54.6 Å². The Balaban J connectivity index is 1.49. The van der Waals surface area contributed by atoms with Crippen LogP contribution in [0.4, 0.5) is 30.7 Å². The number of allylic oxidation sites excluding steroid dienone is 3. The van der Waals surface area contributed by atoms with Gasteiger partial charge in [-0.2, -0.15) is 0 Å². The van der Waals surface area contributed by atoms with E-state index in [0.717, 1.165) is 23.8 Å². The fourth-order valence-corrected chi connectivity index (χ4v) is 4.06. The fraction of sp³-hybridized carbons (Fsp3) is 0.0968. The Bertz CT molecular complexity index is 1470. The third-order valence-electron chi connectivity index (χ3n) is 6.03. The van der Waals surface area contributed by atoms with Crippen LogP contribution in [0.5, 0.6) is 0 Å². The van der Waals surface area contributed by atoms with Gasteiger partial charge in [0.25, 0.3) is 0 Å². The predicted molar refractivity (Wildman–Crippen MR) is 135 cm³/mol. The van der Waals surface area contributed by atoms with Crippen LogP contribution in [0.15, 0.2) is 90.8 Å². The molecule has 0 aliphatic rings. The van der Waals surface area contributed by atoms with Crippen molar-refractivity contribution in [3.8, 4) is 22.3 Å². The standard InChI is InChI=1S/C31H21F7/c1-2-3-24(32)30(37)22-8-6-18(7-9-22)4-5-19-14-25(33)29(26(34)15-19)21-12-10-20(11-13-21)23-16-27(35)31(38)28(36)17-23/h2-3,6-17H,4-5H2,1H3/b3-2+,30-24+. The Morgan fingerprint density at radius 1 is 0.605 bits per heavy atom. The molecule has 0 radical (unpaired) electrons. The monoisotopic (exact) mass is 526 g/mol. The van der Waals surface area contributed by atoms with Crippen molar-refractivity contribution in [3.63, 3.8) is 0 Å². The summed E-state index contributed by atoms with van der Waals surface area (Å²) in [5, 5.41) is 0. The summed E-state index contributed by atoms with van der Waals surface area (Å²) in [6.45, 7) is 1.58. The molecule has 4 aromatic carbocycles. The van der Waals surface area contributed by atoms with Gasteiger partial charge in [0.05, 0.1) is 5.56 Å². The van der Waals surface area contributed by atoms with Crippen LogP contribution in [-0.4, -0.2) is 0 Å². The molecule has 0 amide bonds. The maximum Gasteiger partial charge on any atom is 0.194 e. The van der Waals surface area contributed by atoms with Gasteiger partial charge in [-0.3, -0.25) is 0 Å². The lowest BCUT2D eigenvalue weighted by atomic mass is 9.97. The Kier molecular flexibility index (Phi) is 8.15. The molecule has 0 spiro atoms. The maximum absolute atomic E-state index is 14.9. The van der Waals surface area contributed by atoms with Crippen LogP contribution in [0.25, 0.3) is 28.1 Å². The molecule has 194 valence electrons. The quantitative estimate of drug-likeness (QED) is 0.128. The first-order valence-corrected chi connectivity index (χ1v) is 11.7. The van der Waals surface area contributed by atoms with Crippen molar-refractivity contribution in [2.45, 2.75) is 19.8 Å². The van der Waals surface area contributed by atoms with Crippen molar-refractivity contribution in [3.05, 3.63) is 137 Å². The van der Waals surface area contributed by atoms with Crippen LogP contribution < -0.4 is 0 Å². The third kappa shape index (κ3) is 5.88. The number of hydrogen-bond acceptors (Lipinski definition) is 0. The van der Waals surface area contributed by atoms with Crippen LogP contribution in [0.2, 0.25) is 0 Å². The Hall–Kier alpha value is -4.13. The molecule has 0 saturated carbocycles. The van der Waals surface area contributed by atoms with E-state index in [9.17, 15) is 30.7 Å². The Morgan fingerprint density at radius 2 is 1.13 bits per heavy atom. The summed E-state index contributed by atoms with van der Waals surface area (Å²) in [6, 6.07) is 15.9. The second-order valence-electron chi connectivity index (χ2n) is 8.62. The molecule has 4 aromatic rings. The van der Waals surface area contributed by atoms with E-state index in [1.807, 2.05) is 0 Å². The molecule has 0 aliphatic heterocycles. The molecule has 38 heavy (non-hydrogen) atoms. The normalized spacial score (nSPS) is 12.2. The lowest BCUT2D eigenvalue weighted by Gasteiger charge is -2.10. The average Bonchev–Trinajstić information content (AvgIpc) is 2.90. The molecule has 0 N–H and O–H groups in total. The second-order valence-corrected chi connectivity index (χ2v) is 8.62. The number of hydrogen-bond donors (Lipinski definition) is 0. The zero-order valence-electron chi connectivity index (χ0n) is 20.1. The minimum absolute atomic E-state index is 0.0824. The van der Waals surface area contributed by atoms with E-state index >= 15 is 0 Å². The largest absolute Gasteiger partial charge is 0.206 e. The second kappa shape index (κ2) is 11.5. The summed E-state index contributed by atoms with van der Waals surface area (Å²) in [7, 11) is 0. The van der Waals surface area contributed by atoms with Gasteiger partial charge in [-0.25, -0.2) is 30.7 Å². The van der Waals surface area contributed by atoms with Crippen LogP contribution in [0.3, 0.4) is 0 Å². The summed E-state index contributed by atoms with van der Waals surface area (Å²) in [5.74, 6) is -7.76. The van der Waals surface area contributed by atoms with Gasteiger partial charge >= 0.3 is 0 Å². The van der Waals surface area contributed by atoms with Crippen molar-refractivity contribution >= 4 is 5.83 Å². The number of rotatable bonds is 7. The molecular weight excluding hydrogens is 505 g/mol. The van der Waals surface area contributed by atoms with Gasteiger partial charge in [-0.05, 0) is 77.9 Å². The summed E-state index contributed by atoms with van der Waals surface area (Å²) in [6.07, 6.45) is 3.14. The number of halogens is 7. The molecular formula is C31H21F7. The zero-order chi connectivity index (χ0) is 27.4. The van der Waals surface area contributed by atoms with Crippen molar-refractivity contribution in [1.29, 1.82) is 0 Å². The zero-order valence-corrected chi connectivity index (χ0v) is 20.1. The summed E-state index contributed by atoms with van der Waals surface area (Å²) in [4.78, 5) is 0. The highest BCUT2D eigenvalue weighted by molar-refractivity contribution is 5.71. The third-order valence-corrected chi connectivity index (χ3v) is 6.03. The van der Waals surface area contributed by atoms with Crippen LogP contribution >= 0.6 is 0 Å². The molecule has 0 aromatic heterocycles. The van der Waals surface area contributed by atoms with E-state index in [-0.39, 0.29) is 22.3 Å². The van der Waals surface area contributed by atoms with Gasteiger partial charge in [0.1, 0.15) is 11.6 Å². The van der Waals surface area contributed by atoms with E-state index < -0.39 is 40.7 Å². The van der Waals surface area contributed by atoms with E-state index in [1.54, 1.807) is 19.1 Å². The van der Waals surface area contributed by atoms with Crippen molar-refractivity contribution in [2.24, 2.45) is 0 Å². The van der Waals surface area contributed by atoms with Crippen LogP contribution in [-0.2, 0) is 12.8 Å². The highest BCUT2D eigenvalue weighted by Gasteiger charge is 2.16. The molecule has 0 saturated heterocycles. The van der Waals surface area contributed by atoms with E-state index in [2.05, 4.69) is 0 Å². The Morgan fingerprint density at radius 3 is 1.68 bits per heavy atom. The molecule has 0 heterocycles. The summed E-state index contributed by atoms with van der Waals surface area (Å²) in [5.41, 5.74) is 1.66. The lowest BCUT2D eigenvalue weighted by molar-refractivity contribution is 0.448. The van der Waals surface area contributed by atoms with Crippen LogP contribution in [0, 0.1) is 29.1 Å². The predicted octanol–water partition coefficient (Wildman–Crippen LogP) is 9.68. The smallest absolute Gasteiger partial charge is 0.194 e. The minimum atomic E-state index is -1.58. The minimum Gasteiger partial charge on any atom is -0.206 e. The Labute approximate surface area is 215 Å². The average molecular weight is 526 g/mol. The van der Waals surface area contributed by atoms with Crippen molar-refractivity contribution in [2.75, 3.05) is 0 Å². The van der Waals surface area contributed by atoms with Gasteiger partial charge in [0, 0.05) is 5.56 Å². The summed E-state index contributed by atoms with van der Waals surface area (Å²) >= 11 is 0. The first kappa shape index (κ1) is 26.9. The molecule has 0 atom stereocenters. The van der Waals surface area contributed by atoms with Gasteiger partial charge in [-0.15, -0.1) is 0 Å². The highest BCUT2D eigenvalue weighted by Crippen LogP contribution is 2.31. The topological polar surface area (TPSA) is 0 Å². The van der Waals surface area contributed by atoms with Gasteiger partial charge in [-0.1, -0.05) is 54.6 Å². The van der Waals surface area contributed by atoms with Crippen LogP contribution in [0.1, 0.15) is 23.6 Å².